The molecule has 0 saturated carbocycles. The fraction of sp³-hybridized carbons (Fsp3) is 0.0833. The first-order valence-electron chi connectivity index (χ1n) is 5.37. The van der Waals surface area contributed by atoms with Gasteiger partial charge in [-0.15, -0.1) is 5.10 Å². The van der Waals surface area contributed by atoms with Crippen LogP contribution < -0.4 is 0 Å². The van der Waals surface area contributed by atoms with Crippen LogP contribution in [0.2, 0.25) is 5.15 Å². The zero-order chi connectivity index (χ0) is 12.4. The van der Waals surface area contributed by atoms with Crippen LogP contribution in [0.25, 0.3) is 11.0 Å². The molecule has 0 bridgehead atoms. The van der Waals surface area contributed by atoms with Crippen LogP contribution in [0.4, 0.5) is 0 Å². The van der Waals surface area contributed by atoms with E-state index in [1.165, 1.54) is 0 Å². The number of fused-ring (bicyclic) bond motifs is 1. The number of nitrogens with zero attached hydrogens (tertiary/aromatic N) is 3. The van der Waals surface area contributed by atoms with E-state index in [1.54, 1.807) is 17.8 Å². The number of hydrogen-bond acceptors (Lipinski definition) is 4. The molecule has 18 heavy (non-hydrogen) atoms. The van der Waals surface area contributed by atoms with Gasteiger partial charge in [-0.2, -0.15) is 5.10 Å². The standard InChI is InChI=1S/C12H9ClN4S/c13-11-6-5-8(16-17-11)7-18-12-14-9-3-1-2-4-10(9)15-12/h1-6H,7H2,(H,14,15). The van der Waals surface area contributed by atoms with Crippen LogP contribution in [-0.2, 0) is 5.75 Å². The number of aromatic nitrogens is 4. The van der Waals surface area contributed by atoms with Crippen molar-refractivity contribution in [3.63, 3.8) is 0 Å². The van der Waals surface area contributed by atoms with Crippen molar-refractivity contribution < 1.29 is 0 Å². The summed E-state index contributed by atoms with van der Waals surface area (Å²) in [5, 5.41) is 9.10. The van der Waals surface area contributed by atoms with E-state index in [-0.39, 0.29) is 0 Å². The van der Waals surface area contributed by atoms with E-state index < -0.39 is 0 Å². The summed E-state index contributed by atoms with van der Waals surface area (Å²) < 4.78 is 0. The Hall–Kier alpha value is -1.59. The molecular weight excluding hydrogens is 268 g/mol. The SMILES string of the molecule is Clc1ccc(CSc2nc3ccccc3[nH]2)nn1. The summed E-state index contributed by atoms with van der Waals surface area (Å²) in [6.07, 6.45) is 0. The summed E-state index contributed by atoms with van der Waals surface area (Å²) in [5.74, 6) is 0.712. The second-order valence-electron chi connectivity index (χ2n) is 3.70. The van der Waals surface area contributed by atoms with Gasteiger partial charge in [-0.25, -0.2) is 4.98 Å². The van der Waals surface area contributed by atoms with Gasteiger partial charge < -0.3 is 4.98 Å². The molecule has 0 radical (unpaired) electrons. The van der Waals surface area contributed by atoms with Gasteiger partial charge in [0.25, 0.3) is 0 Å². The molecule has 2 heterocycles. The molecule has 0 aliphatic carbocycles. The lowest BCUT2D eigenvalue weighted by Gasteiger charge is -1.96. The molecule has 4 nitrogen and oxygen atoms in total. The van der Waals surface area contributed by atoms with Gasteiger partial charge in [0.15, 0.2) is 10.3 Å². The Balaban J connectivity index is 1.74. The van der Waals surface area contributed by atoms with Gasteiger partial charge in [-0.05, 0) is 24.3 Å². The number of hydrogen-bond donors (Lipinski definition) is 1. The number of nitrogens with one attached hydrogen (secondary N) is 1. The highest BCUT2D eigenvalue weighted by molar-refractivity contribution is 7.98. The minimum atomic E-state index is 0.410. The molecule has 0 saturated heterocycles. The Morgan fingerprint density at radius 3 is 2.78 bits per heavy atom. The molecule has 0 spiro atoms. The molecule has 0 aliphatic heterocycles. The largest absolute Gasteiger partial charge is 0.333 e. The fourth-order valence-electron chi connectivity index (χ4n) is 1.56. The quantitative estimate of drug-likeness (QED) is 0.746. The van der Waals surface area contributed by atoms with E-state index in [4.69, 9.17) is 11.6 Å². The number of H-pyrrole nitrogens is 1. The Labute approximate surface area is 113 Å². The van der Waals surface area contributed by atoms with E-state index in [2.05, 4.69) is 20.2 Å². The highest BCUT2D eigenvalue weighted by Crippen LogP contribution is 2.22. The summed E-state index contributed by atoms with van der Waals surface area (Å²) in [5.41, 5.74) is 2.90. The van der Waals surface area contributed by atoms with Crippen LogP contribution in [-0.4, -0.2) is 20.2 Å². The average Bonchev–Trinajstić information content (AvgIpc) is 2.81. The number of imidazole rings is 1. The maximum atomic E-state index is 5.68. The predicted octanol–water partition coefficient (Wildman–Crippen LogP) is 3.30. The molecule has 6 heteroatoms. The van der Waals surface area contributed by atoms with Crippen molar-refractivity contribution in [2.24, 2.45) is 0 Å². The van der Waals surface area contributed by atoms with Crippen molar-refractivity contribution in [3.8, 4) is 0 Å². The molecule has 0 aliphatic rings. The van der Waals surface area contributed by atoms with Gasteiger partial charge >= 0.3 is 0 Å². The van der Waals surface area contributed by atoms with Gasteiger partial charge in [0.05, 0.1) is 16.7 Å². The summed E-state index contributed by atoms with van der Waals surface area (Å²) in [6.45, 7) is 0. The summed E-state index contributed by atoms with van der Waals surface area (Å²) in [4.78, 5) is 7.73. The minimum Gasteiger partial charge on any atom is -0.333 e. The molecular formula is C12H9ClN4S. The number of rotatable bonds is 3. The highest BCUT2D eigenvalue weighted by Gasteiger charge is 2.04. The van der Waals surface area contributed by atoms with E-state index >= 15 is 0 Å². The molecule has 2 aromatic heterocycles. The van der Waals surface area contributed by atoms with Crippen LogP contribution in [0.3, 0.4) is 0 Å². The van der Waals surface area contributed by atoms with Crippen molar-refractivity contribution in [1.82, 2.24) is 20.2 Å². The molecule has 90 valence electrons. The van der Waals surface area contributed by atoms with Gasteiger partial charge in [-0.1, -0.05) is 35.5 Å². The smallest absolute Gasteiger partial charge is 0.166 e. The molecule has 3 aromatic rings. The molecule has 1 aromatic carbocycles. The monoisotopic (exact) mass is 276 g/mol. The van der Waals surface area contributed by atoms with Crippen LogP contribution >= 0.6 is 23.4 Å². The molecule has 0 unspecified atom stereocenters. The molecule has 0 atom stereocenters. The minimum absolute atomic E-state index is 0.410. The Morgan fingerprint density at radius 1 is 1.11 bits per heavy atom. The second kappa shape index (κ2) is 4.96. The normalized spacial score (nSPS) is 10.9. The first-order chi connectivity index (χ1) is 8.81. The average molecular weight is 277 g/mol. The zero-order valence-electron chi connectivity index (χ0n) is 9.30. The van der Waals surface area contributed by atoms with Crippen molar-refractivity contribution >= 4 is 34.4 Å². The Bertz CT molecular complexity index is 632. The third kappa shape index (κ3) is 2.47. The summed E-state index contributed by atoms with van der Waals surface area (Å²) in [6, 6.07) is 11.6. The van der Waals surface area contributed by atoms with Crippen molar-refractivity contribution in [2.45, 2.75) is 10.9 Å². The van der Waals surface area contributed by atoms with E-state index in [0.29, 0.717) is 10.9 Å². The van der Waals surface area contributed by atoms with Gasteiger partial charge in [0, 0.05) is 5.75 Å². The Kier molecular flexibility index (Phi) is 3.17. The number of para-hydroxylation sites is 2. The van der Waals surface area contributed by atoms with Crippen molar-refractivity contribution in [3.05, 3.63) is 47.2 Å². The Morgan fingerprint density at radius 2 is 2.00 bits per heavy atom. The van der Waals surface area contributed by atoms with Gasteiger partial charge in [0.2, 0.25) is 0 Å². The van der Waals surface area contributed by atoms with Crippen LogP contribution in [0.5, 0.6) is 0 Å². The zero-order valence-corrected chi connectivity index (χ0v) is 10.9. The summed E-state index contributed by atoms with van der Waals surface area (Å²) >= 11 is 7.28. The highest BCUT2D eigenvalue weighted by atomic mass is 35.5. The molecule has 3 rings (SSSR count). The maximum absolute atomic E-state index is 5.68. The lowest BCUT2D eigenvalue weighted by atomic mass is 10.3. The van der Waals surface area contributed by atoms with Gasteiger partial charge in [0.1, 0.15) is 0 Å². The number of thioether (sulfide) groups is 1. The summed E-state index contributed by atoms with van der Waals surface area (Å²) in [7, 11) is 0. The van der Waals surface area contributed by atoms with Crippen molar-refractivity contribution in [2.75, 3.05) is 0 Å². The third-order valence-electron chi connectivity index (χ3n) is 2.41. The fourth-order valence-corrected chi connectivity index (χ4v) is 2.45. The first-order valence-corrected chi connectivity index (χ1v) is 6.73. The lowest BCUT2D eigenvalue weighted by Crippen LogP contribution is -1.90. The number of benzene rings is 1. The van der Waals surface area contributed by atoms with Crippen LogP contribution in [0.15, 0.2) is 41.6 Å². The van der Waals surface area contributed by atoms with Crippen molar-refractivity contribution in [1.29, 1.82) is 0 Å². The van der Waals surface area contributed by atoms with Crippen LogP contribution in [0, 0.1) is 0 Å². The second-order valence-corrected chi connectivity index (χ2v) is 5.05. The van der Waals surface area contributed by atoms with Crippen LogP contribution in [0.1, 0.15) is 5.69 Å². The first kappa shape index (κ1) is 11.5. The molecule has 1 N–H and O–H groups in total. The van der Waals surface area contributed by atoms with E-state index in [0.717, 1.165) is 21.9 Å². The lowest BCUT2D eigenvalue weighted by molar-refractivity contribution is 0.968. The van der Waals surface area contributed by atoms with E-state index in [9.17, 15) is 0 Å². The topological polar surface area (TPSA) is 54.5 Å². The molecule has 0 amide bonds. The van der Waals surface area contributed by atoms with Gasteiger partial charge in [-0.3, -0.25) is 0 Å². The predicted molar refractivity (Wildman–Crippen MR) is 72.7 cm³/mol. The maximum Gasteiger partial charge on any atom is 0.166 e. The number of halogens is 1. The third-order valence-corrected chi connectivity index (χ3v) is 3.52. The molecule has 0 fully saturated rings. The number of aromatic amines is 1. The van der Waals surface area contributed by atoms with E-state index in [1.807, 2.05) is 30.3 Å².